The van der Waals surface area contributed by atoms with Gasteiger partial charge in [0.2, 0.25) is 0 Å². The molecule has 1 aliphatic rings. The Labute approximate surface area is 139 Å². The van der Waals surface area contributed by atoms with Gasteiger partial charge in [-0.3, -0.25) is 4.79 Å². The minimum Gasteiger partial charge on any atom is -0.480 e. The van der Waals surface area contributed by atoms with Crippen LogP contribution in [0.5, 0.6) is 0 Å². The summed E-state index contributed by atoms with van der Waals surface area (Å²) in [6, 6.07) is 12.4. The van der Waals surface area contributed by atoms with Gasteiger partial charge in [-0.2, -0.15) is 0 Å². The molecule has 2 N–H and O–H groups in total. The maximum atomic E-state index is 13.3. The fraction of sp³-hybridized carbons (Fsp3) is 0.316. The highest BCUT2D eigenvalue weighted by molar-refractivity contribution is 5.74. The number of rotatable bonds is 6. The van der Waals surface area contributed by atoms with Crippen LogP contribution in [0.4, 0.5) is 8.78 Å². The zero-order valence-corrected chi connectivity index (χ0v) is 13.1. The molecule has 0 unspecified atom stereocenters. The number of benzene rings is 2. The van der Waals surface area contributed by atoms with E-state index in [1.165, 1.54) is 12.1 Å². The van der Waals surface area contributed by atoms with Gasteiger partial charge in [-0.25, -0.2) is 8.78 Å². The fourth-order valence-electron chi connectivity index (χ4n) is 3.19. The number of halogens is 2. The van der Waals surface area contributed by atoms with Gasteiger partial charge >= 0.3 is 5.97 Å². The van der Waals surface area contributed by atoms with E-state index in [-0.39, 0.29) is 12.0 Å². The van der Waals surface area contributed by atoms with Gasteiger partial charge in [-0.05, 0) is 48.4 Å². The molecule has 0 amide bonds. The Bertz CT molecular complexity index is 694. The normalized spacial score (nSPS) is 21.1. The van der Waals surface area contributed by atoms with Crippen LogP contribution in [0.2, 0.25) is 0 Å². The number of carboxylic acids is 1. The third-order valence-corrected chi connectivity index (χ3v) is 4.51. The Morgan fingerprint density at radius 2 is 1.75 bits per heavy atom. The van der Waals surface area contributed by atoms with Crippen LogP contribution in [0, 0.1) is 11.6 Å². The van der Waals surface area contributed by atoms with Crippen LogP contribution < -0.4 is 5.32 Å². The molecule has 2 aromatic carbocycles. The smallest absolute Gasteiger partial charge is 0.321 e. The van der Waals surface area contributed by atoms with Crippen molar-refractivity contribution in [3.8, 4) is 0 Å². The van der Waals surface area contributed by atoms with Crippen LogP contribution in [0.1, 0.15) is 29.9 Å². The van der Waals surface area contributed by atoms with Crippen molar-refractivity contribution in [2.75, 3.05) is 0 Å². The number of nitrogens with one attached hydrogen (secondary N) is 1. The fourth-order valence-corrected chi connectivity index (χ4v) is 3.19. The van der Waals surface area contributed by atoms with Gasteiger partial charge < -0.3 is 10.4 Å². The lowest BCUT2D eigenvalue weighted by Gasteiger charge is -2.38. The monoisotopic (exact) mass is 331 g/mol. The van der Waals surface area contributed by atoms with E-state index >= 15 is 0 Å². The molecular weight excluding hydrogens is 312 g/mol. The number of carboxylic acid groups (broad SMARTS) is 1. The molecule has 0 heterocycles. The van der Waals surface area contributed by atoms with Crippen LogP contribution in [-0.2, 0) is 11.2 Å². The Morgan fingerprint density at radius 3 is 2.33 bits per heavy atom. The van der Waals surface area contributed by atoms with Crippen molar-refractivity contribution in [1.82, 2.24) is 5.32 Å². The molecule has 3 nitrogen and oxygen atoms in total. The molecule has 3 rings (SSSR count). The van der Waals surface area contributed by atoms with Crippen molar-refractivity contribution >= 4 is 5.97 Å². The predicted octanol–water partition coefficient (Wildman–Crippen LogP) is 3.50. The average molecular weight is 331 g/mol. The Balaban J connectivity index is 1.57. The molecule has 1 atom stereocenters. The highest BCUT2D eigenvalue weighted by atomic mass is 19.1. The highest BCUT2D eigenvalue weighted by Gasteiger charge is 2.33. The van der Waals surface area contributed by atoms with E-state index in [0.29, 0.717) is 24.8 Å². The van der Waals surface area contributed by atoms with Gasteiger partial charge in [0.15, 0.2) is 0 Å². The van der Waals surface area contributed by atoms with Crippen LogP contribution in [0.3, 0.4) is 0 Å². The molecule has 0 aliphatic heterocycles. The number of hydrogen-bond donors (Lipinski definition) is 2. The first kappa shape index (κ1) is 16.6. The quantitative estimate of drug-likeness (QED) is 0.852. The van der Waals surface area contributed by atoms with E-state index in [1.54, 1.807) is 0 Å². The minimum atomic E-state index is -0.890. The molecule has 5 heteroatoms. The first-order valence-electron chi connectivity index (χ1n) is 8.00. The van der Waals surface area contributed by atoms with Crippen LogP contribution in [0.15, 0.2) is 48.5 Å². The summed E-state index contributed by atoms with van der Waals surface area (Å²) < 4.78 is 26.5. The van der Waals surface area contributed by atoms with Crippen molar-refractivity contribution in [3.63, 3.8) is 0 Å². The highest BCUT2D eigenvalue weighted by Crippen LogP contribution is 2.37. The Hall–Kier alpha value is -2.27. The maximum Gasteiger partial charge on any atom is 0.321 e. The summed E-state index contributed by atoms with van der Waals surface area (Å²) in [5, 5.41) is 12.5. The standard InChI is InChI=1S/C19H19F2NO2/c20-15-7-13(8-16(21)11-15)14-9-17(10-14)22-18(19(23)24)6-12-4-2-1-3-5-12/h1-5,7-8,11,14,17-18,22H,6,9-10H2,(H,23,24)/t14?,17?,18-/m1/s1. The van der Waals surface area contributed by atoms with E-state index in [0.717, 1.165) is 11.6 Å². The second kappa shape index (κ2) is 7.09. The zero-order chi connectivity index (χ0) is 17.1. The molecular formula is C19H19F2NO2. The first-order chi connectivity index (χ1) is 11.5. The van der Waals surface area contributed by atoms with Gasteiger partial charge in [0, 0.05) is 12.1 Å². The lowest BCUT2D eigenvalue weighted by molar-refractivity contribution is -0.139. The average Bonchev–Trinajstić information content (AvgIpc) is 2.49. The second-order valence-electron chi connectivity index (χ2n) is 6.32. The first-order valence-corrected chi connectivity index (χ1v) is 8.00. The molecule has 2 aromatic rings. The zero-order valence-electron chi connectivity index (χ0n) is 13.1. The third kappa shape index (κ3) is 3.97. The van der Waals surface area contributed by atoms with Gasteiger partial charge in [0.25, 0.3) is 0 Å². The minimum absolute atomic E-state index is 0.0474. The number of aliphatic carboxylic acids is 1. The second-order valence-corrected chi connectivity index (χ2v) is 6.32. The lowest BCUT2D eigenvalue weighted by Crippen LogP contribution is -2.49. The molecule has 126 valence electrons. The summed E-state index contributed by atoms with van der Waals surface area (Å²) in [6.45, 7) is 0. The van der Waals surface area contributed by atoms with E-state index in [1.807, 2.05) is 30.3 Å². The van der Waals surface area contributed by atoms with E-state index in [9.17, 15) is 18.7 Å². The van der Waals surface area contributed by atoms with Crippen LogP contribution in [0.25, 0.3) is 0 Å². The van der Waals surface area contributed by atoms with Crippen molar-refractivity contribution in [2.24, 2.45) is 0 Å². The van der Waals surface area contributed by atoms with Gasteiger partial charge in [0.05, 0.1) is 0 Å². The molecule has 24 heavy (non-hydrogen) atoms. The van der Waals surface area contributed by atoms with Gasteiger partial charge in [-0.1, -0.05) is 30.3 Å². The number of hydrogen-bond acceptors (Lipinski definition) is 2. The maximum absolute atomic E-state index is 13.3. The summed E-state index contributed by atoms with van der Waals surface area (Å²) in [5.41, 5.74) is 1.60. The SMILES string of the molecule is O=C(O)[C@@H](Cc1ccccc1)NC1CC(c2cc(F)cc(F)c2)C1. The third-order valence-electron chi connectivity index (χ3n) is 4.51. The predicted molar refractivity (Wildman–Crippen MR) is 86.8 cm³/mol. The lowest BCUT2D eigenvalue weighted by atomic mass is 9.75. The van der Waals surface area contributed by atoms with Crippen molar-refractivity contribution in [2.45, 2.75) is 37.3 Å². The van der Waals surface area contributed by atoms with E-state index in [4.69, 9.17) is 0 Å². The van der Waals surface area contributed by atoms with Crippen molar-refractivity contribution < 1.29 is 18.7 Å². The molecule has 0 saturated heterocycles. The summed E-state index contributed by atoms with van der Waals surface area (Å²) in [6.07, 6.45) is 1.77. The van der Waals surface area contributed by atoms with Gasteiger partial charge in [-0.15, -0.1) is 0 Å². The van der Waals surface area contributed by atoms with Gasteiger partial charge in [0.1, 0.15) is 17.7 Å². The van der Waals surface area contributed by atoms with Crippen molar-refractivity contribution in [1.29, 1.82) is 0 Å². The number of carbonyl (C=O) groups is 1. The Morgan fingerprint density at radius 1 is 1.12 bits per heavy atom. The summed E-state index contributed by atoms with van der Waals surface area (Å²) >= 11 is 0. The van der Waals surface area contributed by atoms with E-state index < -0.39 is 23.6 Å². The van der Waals surface area contributed by atoms with Crippen molar-refractivity contribution in [3.05, 3.63) is 71.3 Å². The molecule has 0 spiro atoms. The molecule has 1 aliphatic carbocycles. The van der Waals surface area contributed by atoms with Crippen LogP contribution in [-0.4, -0.2) is 23.2 Å². The summed E-state index contributed by atoms with van der Waals surface area (Å²) in [5.74, 6) is -1.97. The molecule has 1 fully saturated rings. The largest absolute Gasteiger partial charge is 0.480 e. The molecule has 1 saturated carbocycles. The molecule has 0 aromatic heterocycles. The molecule has 0 bridgehead atoms. The topological polar surface area (TPSA) is 49.3 Å². The van der Waals surface area contributed by atoms with E-state index in [2.05, 4.69) is 5.32 Å². The van der Waals surface area contributed by atoms with Crippen LogP contribution >= 0.6 is 0 Å². The summed E-state index contributed by atoms with van der Waals surface area (Å²) in [7, 11) is 0. The molecule has 0 radical (unpaired) electrons. The Kier molecular flexibility index (Phi) is 4.90. The summed E-state index contributed by atoms with van der Waals surface area (Å²) in [4.78, 5) is 11.5.